The molecule has 0 aromatic heterocycles. The summed E-state index contributed by atoms with van der Waals surface area (Å²) in [5.74, 6) is -0.956. The standard InChI is InChI=1S/C11H14FN3O2S/c1-7(10(16)14-15-11(18)13-2)17-9-6-4-3-5-8(9)12/h3-7H,1-2H3,(H,14,16)(H2,13,15,18)/t7-/m0/s1. The number of para-hydroxylation sites is 1. The number of thiocarbonyl (C=S) groups is 1. The zero-order chi connectivity index (χ0) is 13.5. The summed E-state index contributed by atoms with van der Waals surface area (Å²) in [5, 5.41) is 2.89. The molecule has 0 aliphatic heterocycles. The van der Waals surface area contributed by atoms with Crippen LogP contribution in [0.25, 0.3) is 0 Å². The number of amides is 1. The Morgan fingerprint density at radius 2 is 2.06 bits per heavy atom. The maximum Gasteiger partial charge on any atom is 0.279 e. The van der Waals surface area contributed by atoms with E-state index >= 15 is 0 Å². The van der Waals surface area contributed by atoms with Crippen LogP contribution in [0, 0.1) is 5.82 Å². The fraction of sp³-hybridized carbons (Fsp3) is 0.273. The highest BCUT2D eigenvalue weighted by molar-refractivity contribution is 7.80. The Balaban J connectivity index is 2.50. The Kier molecular flexibility index (Phi) is 5.31. The molecule has 1 aromatic rings. The first-order chi connectivity index (χ1) is 8.54. The molecule has 0 saturated heterocycles. The van der Waals surface area contributed by atoms with Crippen molar-refractivity contribution in [3.05, 3.63) is 30.1 Å². The van der Waals surface area contributed by atoms with Gasteiger partial charge in [-0.05, 0) is 31.3 Å². The molecule has 18 heavy (non-hydrogen) atoms. The van der Waals surface area contributed by atoms with Crippen molar-refractivity contribution in [2.75, 3.05) is 7.05 Å². The quantitative estimate of drug-likeness (QED) is 0.558. The van der Waals surface area contributed by atoms with Crippen LogP contribution in [0.3, 0.4) is 0 Å². The monoisotopic (exact) mass is 271 g/mol. The minimum absolute atomic E-state index is 0.0244. The lowest BCUT2D eigenvalue weighted by Crippen LogP contribution is -2.49. The van der Waals surface area contributed by atoms with E-state index in [-0.39, 0.29) is 10.9 Å². The summed E-state index contributed by atoms with van der Waals surface area (Å²) < 4.78 is 18.5. The first-order valence-electron chi connectivity index (χ1n) is 5.23. The first kappa shape index (κ1) is 14.2. The van der Waals surface area contributed by atoms with Crippen LogP contribution >= 0.6 is 12.2 Å². The summed E-state index contributed by atoms with van der Waals surface area (Å²) in [6.45, 7) is 1.51. The number of benzene rings is 1. The molecule has 0 aliphatic carbocycles. The molecule has 1 aromatic carbocycles. The van der Waals surface area contributed by atoms with Gasteiger partial charge in [-0.15, -0.1) is 0 Å². The Labute approximate surface area is 110 Å². The number of hydrazine groups is 1. The van der Waals surface area contributed by atoms with Crippen LogP contribution in [0.2, 0.25) is 0 Å². The van der Waals surface area contributed by atoms with E-state index in [4.69, 9.17) is 17.0 Å². The van der Waals surface area contributed by atoms with Gasteiger partial charge in [0.05, 0.1) is 0 Å². The molecule has 0 spiro atoms. The van der Waals surface area contributed by atoms with Gasteiger partial charge in [0, 0.05) is 7.05 Å². The molecule has 0 radical (unpaired) electrons. The fourth-order valence-electron chi connectivity index (χ4n) is 1.07. The summed E-state index contributed by atoms with van der Waals surface area (Å²) in [6.07, 6.45) is -0.853. The summed E-state index contributed by atoms with van der Waals surface area (Å²) in [4.78, 5) is 11.6. The van der Waals surface area contributed by atoms with Gasteiger partial charge in [-0.1, -0.05) is 12.1 Å². The smallest absolute Gasteiger partial charge is 0.279 e. The minimum Gasteiger partial charge on any atom is -0.478 e. The van der Waals surface area contributed by atoms with E-state index in [2.05, 4.69) is 16.2 Å². The van der Waals surface area contributed by atoms with Crippen molar-refractivity contribution in [1.82, 2.24) is 16.2 Å². The molecule has 0 fully saturated rings. The number of carbonyl (C=O) groups excluding carboxylic acids is 1. The minimum atomic E-state index is -0.853. The Morgan fingerprint density at radius 1 is 1.39 bits per heavy atom. The Hall–Kier alpha value is -1.89. The van der Waals surface area contributed by atoms with Crippen LogP contribution in [0.1, 0.15) is 6.92 Å². The third-order valence-corrected chi connectivity index (χ3v) is 2.34. The largest absolute Gasteiger partial charge is 0.478 e. The van der Waals surface area contributed by atoms with E-state index in [0.29, 0.717) is 0 Å². The lowest BCUT2D eigenvalue weighted by Gasteiger charge is -2.16. The fourth-order valence-corrected chi connectivity index (χ4v) is 1.12. The second kappa shape index (κ2) is 6.75. The van der Waals surface area contributed by atoms with Crippen LogP contribution in [-0.4, -0.2) is 24.2 Å². The van der Waals surface area contributed by atoms with E-state index in [9.17, 15) is 9.18 Å². The summed E-state index contributed by atoms with van der Waals surface area (Å²) in [6, 6.07) is 5.87. The van der Waals surface area contributed by atoms with Gasteiger partial charge in [-0.2, -0.15) is 0 Å². The van der Waals surface area contributed by atoms with Crippen molar-refractivity contribution >= 4 is 23.2 Å². The van der Waals surface area contributed by atoms with E-state index < -0.39 is 17.8 Å². The lowest BCUT2D eigenvalue weighted by molar-refractivity contribution is -0.127. The second-order valence-corrected chi connectivity index (χ2v) is 3.79. The van der Waals surface area contributed by atoms with Crippen molar-refractivity contribution in [2.24, 2.45) is 0 Å². The molecular formula is C11H14FN3O2S. The molecule has 0 aliphatic rings. The van der Waals surface area contributed by atoms with E-state index in [1.54, 1.807) is 19.2 Å². The second-order valence-electron chi connectivity index (χ2n) is 3.38. The van der Waals surface area contributed by atoms with Crippen LogP contribution < -0.4 is 20.9 Å². The first-order valence-corrected chi connectivity index (χ1v) is 5.64. The maximum atomic E-state index is 13.3. The van der Waals surface area contributed by atoms with Crippen molar-refractivity contribution in [2.45, 2.75) is 13.0 Å². The Bertz CT molecular complexity index is 442. The molecule has 0 saturated carbocycles. The summed E-state index contributed by atoms with van der Waals surface area (Å²) in [5.41, 5.74) is 4.79. The van der Waals surface area contributed by atoms with Crippen molar-refractivity contribution in [3.63, 3.8) is 0 Å². The summed E-state index contributed by atoms with van der Waals surface area (Å²) in [7, 11) is 1.61. The average molecular weight is 271 g/mol. The van der Waals surface area contributed by atoms with Crippen LogP contribution in [0.4, 0.5) is 4.39 Å². The Morgan fingerprint density at radius 3 is 2.67 bits per heavy atom. The number of halogens is 1. The molecule has 1 amide bonds. The molecule has 98 valence electrons. The topological polar surface area (TPSA) is 62.4 Å². The number of rotatable bonds is 3. The molecule has 1 rings (SSSR count). The highest BCUT2D eigenvalue weighted by Crippen LogP contribution is 2.16. The third kappa shape index (κ3) is 4.17. The van der Waals surface area contributed by atoms with Gasteiger partial charge in [0.1, 0.15) is 0 Å². The molecule has 0 heterocycles. The zero-order valence-corrected chi connectivity index (χ0v) is 10.8. The molecule has 5 nitrogen and oxygen atoms in total. The zero-order valence-electron chi connectivity index (χ0n) is 9.99. The van der Waals surface area contributed by atoms with Gasteiger partial charge in [0.25, 0.3) is 5.91 Å². The number of carbonyl (C=O) groups is 1. The molecule has 0 unspecified atom stereocenters. The highest BCUT2D eigenvalue weighted by Gasteiger charge is 2.16. The van der Waals surface area contributed by atoms with Gasteiger partial charge in [-0.25, -0.2) is 4.39 Å². The normalized spacial score (nSPS) is 11.3. The van der Waals surface area contributed by atoms with E-state index in [1.165, 1.54) is 19.1 Å². The van der Waals surface area contributed by atoms with E-state index in [0.717, 1.165) is 0 Å². The highest BCUT2D eigenvalue weighted by atomic mass is 32.1. The van der Waals surface area contributed by atoms with Gasteiger partial charge in [0.15, 0.2) is 22.8 Å². The van der Waals surface area contributed by atoms with Gasteiger partial charge >= 0.3 is 0 Å². The van der Waals surface area contributed by atoms with Crippen LogP contribution in [0.15, 0.2) is 24.3 Å². The number of hydrogen-bond donors (Lipinski definition) is 3. The van der Waals surface area contributed by atoms with Crippen LogP contribution in [0.5, 0.6) is 5.75 Å². The SMILES string of the molecule is CNC(=S)NNC(=O)[C@H](C)Oc1ccccc1F. The number of hydrogen-bond acceptors (Lipinski definition) is 3. The average Bonchev–Trinajstić information content (AvgIpc) is 2.38. The molecule has 1 atom stereocenters. The van der Waals surface area contributed by atoms with Crippen molar-refractivity contribution in [1.29, 1.82) is 0 Å². The third-order valence-electron chi connectivity index (χ3n) is 2.04. The molecule has 3 N–H and O–H groups in total. The number of ether oxygens (including phenoxy) is 1. The van der Waals surface area contributed by atoms with Gasteiger partial charge in [-0.3, -0.25) is 15.6 Å². The number of nitrogens with one attached hydrogen (secondary N) is 3. The molecule has 0 bridgehead atoms. The van der Waals surface area contributed by atoms with E-state index in [1.807, 2.05) is 0 Å². The summed E-state index contributed by atoms with van der Waals surface area (Å²) >= 11 is 4.77. The van der Waals surface area contributed by atoms with Gasteiger partial charge < -0.3 is 10.1 Å². The lowest BCUT2D eigenvalue weighted by atomic mass is 10.3. The van der Waals surface area contributed by atoms with Gasteiger partial charge in [0.2, 0.25) is 0 Å². The predicted octanol–water partition coefficient (Wildman–Crippen LogP) is 0.718. The molecular weight excluding hydrogens is 257 g/mol. The van der Waals surface area contributed by atoms with Crippen molar-refractivity contribution in [3.8, 4) is 5.75 Å². The predicted molar refractivity (Wildman–Crippen MR) is 69.4 cm³/mol. The van der Waals surface area contributed by atoms with Crippen LogP contribution in [-0.2, 0) is 4.79 Å². The molecule has 7 heteroatoms. The maximum absolute atomic E-state index is 13.3. The van der Waals surface area contributed by atoms with Crippen molar-refractivity contribution < 1.29 is 13.9 Å².